The summed E-state index contributed by atoms with van der Waals surface area (Å²) in [5.41, 5.74) is 0. The Kier molecular flexibility index (Phi) is 13.0. The standard InChI is InChI=1S/C10H24OSSi/c1-3-5-6-7-8-9-10-12-13-11-4-2/h3-10,13H2,1-2H3. The Balaban J connectivity index is 2.76. The Labute approximate surface area is 89.6 Å². The molecule has 0 N–H and O–H groups in total. The molecule has 80 valence electrons. The predicted molar refractivity (Wildman–Crippen MR) is 66.0 cm³/mol. The van der Waals surface area contributed by atoms with E-state index in [0.29, 0.717) is 0 Å². The summed E-state index contributed by atoms with van der Waals surface area (Å²) in [7, 11) is -0.216. The zero-order valence-corrected chi connectivity index (χ0v) is 11.4. The molecule has 0 aliphatic heterocycles. The highest BCUT2D eigenvalue weighted by Crippen LogP contribution is 2.08. The van der Waals surface area contributed by atoms with Gasteiger partial charge < -0.3 is 4.43 Å². The van der Waals surface area contributed by atoms with Gasteiger partial charge in [0, 0.05) is 6.61 Å². The maximum absolute atomic E-state index is 5.38. The van der Waals surface area contributed by atoms with Crippen LogP contribution in [0.1, 0.15) is 52.4 Å². The van der Waals surface area contributed by atoms with Crippen molar-refractivity contribution in [2.24, 2.45) is 0 Å². The summed E-state index contributed by atoms with van der Waals surface area (Å²) in [4.78, 5) is 0. The van der Waals surface area contributed by atoms with Gasteiger partial charge in [-0.1, -0.05) is 39.0 Å². The lowest BCUT2D eigenvalue weighted by molar-refractivity contribution is 0.372. The van der Waals surface area contributed by atoms with Crippen molar-refractivity contribution in [1.82, 2.24) is 0 Å². The summed E-state index contributed by atoms with van der Waals surface area (Å²) >= 11 is 2.06. The van der Waals surface area contributed by atoms with Gasteiger partial charge in [0.25, 0.3) is 0 Å². The number of rotatable bonds is 10. The molecule has 3 heteroatoms. The molecule has 0 atom stereocenters. The van der Waals surface area contributed by atoms with Gasteiger partial charge >= 0.3 is 0 Å². The highest BCUT2D eigenvalue weighted by atomic mass is 32.4. The molecule has 0 saturated heterocycles. The van der Waals surface area contributed by atoms with Crippen LogP contribution >= 0.6 is 11.2 Å². The zero-order valence-electron chi connectivity index (χ0n) is 9.18. The highest BCUT2D eigenvalue weighted by molar-refractivity contribution is 8.21. The molecule has 0 radical (unpaired) electrons. The SMILES string of the molecule is CCCCCCCCS[SiH2]OCC. The van der Waals surface area contributed by atoms with E-state index in [9.17, 15) is 0 Å². The van der Waals surface area contributed by atoms with Crippen molar-refractivity contribution in [3.8, 4) is 0 Å². The first-order chi connectivity index (χ1) is 6.41. The molecule has 0 aromatic heterocycles. The summed E-state index contributed by atoms with van der Waals surface area (Å²) in [5.74, 6) is 1.33. The van der Waals surface area contributed by atoms with E-state index >= 15 is 0 Å². The molecular formula is C10H24OSSi. The molecule has 0 unspecified atom stereocenters. The smallest absolute Gasteiger partial charge is 0.222 e. The number of hydrogen-bond acceptors (Lipinski definition) is 2. The van der Waals surface area contributed by atoms with E-state index in [4.69, 9.17) is 4.43 Å². The lowest BCUT2D eigenvalue weighted by atomic mass is 10.1. The summed E-state index contributed by atoms with van der Waals surface area (Å²) < 4.78 is 5.38. The minimum absolute atomic E-state index is 0.216. The lowest BCUT2D eigenvalue weighted by Crippen LogP contribution is -1.94. The third kappa shape index (κ3) is 12.5. The van der Waals surface area contributed by atoms with Gasteiger partial charge in [0.05, 0.1) is 0 Å². The van der Waals surface area contributed by atoms with Crippen molar-refractivity contribution in [2.75, 3.05) is 12.4 Å². The molecule has 0 aromatic carbocycles. The third-order valence-corrected chi connectivity index (χ3v) is 5.20. The predicted octanol–water partition coefficient (Wildman–Crippen LogP) is 3.12. The average molecular weight is 220 g/mol. The third-order valence-electron chi connectivity index (χ3n) is 2.01. The van der Waals surface area contributed by atoms with Crippen LogP contribution in [0.5, 0.6) is 0 Å². The Bertz CT molecular complexity index is 81.0. The van der Waals surface area contributed by atoms with E-state index < -0.39 is 0 Å². The highest BCUT2D eigenvalue weighted by Gasteiger charge is 1.91. The second kappa shape index (κ2) is 12.5. The van der Waals surface area contributed by atoms with E-state index in [1.54, 1.807) is 0 Å². The van der Waals surface area contributed by atoms with Crippen molar-refractivity contribution in [2.45, 2.75) is 52.4 Å². The average Bonchev–Trinajstić information content (AvgIpc) is 2.16. The zero-order chi connectivity index (χ0) is 9.78. The first kappa shape index (κ1) is 13.5. The second-order valence-electron chi connectivity index (χ2n) is 3.29. The molecule has 0 aromatic rings. The molecule has 13 heavy (non-hydrogen) atoms. The molecule has 0 saturated carbocycles. The van der Waals surface area contributed by atoms with E-state index in [1.807, 2.05) is 0 Å². The van der Waals surface area contributed by atoms with Gasteiger partial charge in [-0.05, 0) is 19.1 Å². The Hall–Kier alpha value is 0.527. The van der Waals surface area contributed by atoms with Crippen LogP contribution in [0, 0.1) is 0 Å². The van der Waals surface area contributed by atoms with Crippen LogP contribution in [0.2, 0.25) is 0 Å². The molecule has 0 rings (SSSR count). The van der Waals surface area contributed by atoms with Crippen LogP contribution in [-0.2, 0) is 4.43 Å². The fraction of sp³-hybridized carbons (Fsp3) is 1.00. The van der Waals surface area contributed by atoms with Crippen LogP contribution < -0.4 is 0 Å². The Morgan fingerprint density at radius 2 is 1.69 bits per heavy atom. The summed E-state index contributed by atoms with van der Waals surface area (Å²) in [6.07, 6.45) is 8.46. The summed E-state index contributed by atoms with van der Waals surface area (Å²) in [6, 6.07) is 0. The molecule has 0 aliphatic carbocycles. The van der Waals surface area contributed by atoms with Gasteiger partial charge in [0.15, 0.2) is 0 Å². The fourth-order valence-electron chi connectivity index (χ4n) is 1.19. The van der Waals surface area contributed by atoms with E-state index in [1.165, 1.54) is 44.3 Å². The van der Waals surface area contributed by atoms with E-state index in [-0.39, 0.29) is 8.91 Å². The van der Waals surface area contributed by atoms with Gasteiger partial charge in [-0.3, -0.25) is 0 Å². The molecule has 1 nitrogen and oxygen atoms in total. The molecular weight excluding hydrogens is 196 g/mol. The van der Waals surface area contributed by atoms with Crippen LogP contribution in [0.3, 0.4) is 0 Å². The molecule has 0 fully saturated rings. The van der Waals surface area contributed by atoms with E-state index in [0.717, 1.165) is 6.61 Å². The van der Waals surface area contributed by atoms with Crippen molar-refractivity contribution in [3.05, 3.63) is 0 Å². The van der Waals surface area contributed by atoms with Crippen LogP contribution in [0.15, 0.2) is 0 Å². The van der Waals surface area contributed by atoms with Crippen LogP contribution in [-0.4, -0.2) is 21.3 Å². The van der Waals surface area contributed by atoms with Crippen molar-refractivity contribution >= 4 is 20.1 Å². The molecule has 0 heterocycles. The monoisotopic (exact) mass is 220 g/mol. The summed E-state index contributed by atoms with van der Waals surface area (Å²) in [5, 5.41) is 0. The second-order valence-corrected chi connectivity index (χ2v) is 6.68. The van der Waals surface area contributed by atoms with Gasteiger partial charge in [0.2, 0.25) is 8.91 Å². The number of unbranched alkanes of at least 4 members (excludes halogenated alkanes) is 5. The number of hydrogen-bond donors (Lipinski definition) is 0. The first-order valence-corrected chi connectivity index (χ1v) is 9.03. The quantitative estimate of drug-likeness (QED) is 0.413. The van der Waals surface area contributed by atoms with Crippen molar-refractivity contribution in [3.63, 3.8) is 0 Å². The van der Waals surface area contributed by atoms with Crippen LogP contribution in [0.4, 0.5) is 0 Å². The fourth-order valence-corrected chi connectivity index (χ4v) is 3.82. The maximum atomic E-state index is 5.38. The molecule has 0 bridgehead atoms. The largest absolute Gasteiger partial charge is 0.413 e. The normalized spacial score (nSPS) is 11.5. The lowest BCUT2D eigenvalue weighted by Gasteiger charge is -2.01. The summed E-state index contributed by atoms with van der Waals surface area (Å²) in [6.45, 7) is 5.26. The molecule has 0 aliphatic rings. The Morgan fingerprint density at radius 3 is 2.38 bits per heavy atom. The van der Waals surface area contributed by atoms with Gasteiger partial charge in [-0.15, -0.1) is 0 Å². The van der Waals surface area contributed by atoms with Crippen LogP contribution in [0.25, 0.3) is 0 Å². The topological polar surface area (TPSA) is 9.23 Å². The van der Waals surface area contributed by atoms with Gasteiger partial charge in [-0.25, -0.2) is 0 Å². The van der Waals surface area contributed by atoms with Crippen molar-refractivity contribution in [1.29, 1.82) is 0 Å². The molecule has 0 amide bonds. The van der Waals surface area contributed by atoms with Crippen molar-refractivity contribution < 1.29 is 4.43 Å². The molecule has 0 spiro atoms. The maximum Gasteiger partial charge on any atom is 0.222 e. The minimum Gasteiger partial charge on any atom is -0.413 e. The first-order valence-electron chi connectivity index (χ1n) is 5.57. The van der Waals surface area contributed by atoms with Gasteiger partial charge in [0.1, 0.15) is 0 Å². The Morgan fingerprint density at radius 1 is 1.00 bits per heavy atom. The van der Waals surface area contributed by atoms with E-state index in [2.05, 4.69) is 25.1 Å². The van der Waals surface area contributed by atoms with Gasteiger partial charge in [-0.2, -0.15) is 11.2 Å². The minimum atomic E-state index is -0.216.